The van der Waals surface area contributed by atoms with Gasteiger partial charge in [-0.25, -0.2) is 4.39 Å². The molecule has 0 aliphatic heterocycles. The van der Waals surface area contributed by atoms with Crippen molar-refractivity contribution in [2.75, 3.05) is 26.8 Å². The van der Waals surface area contributed by atoms with Gasteiger partial charge in [-0.15, -0.1) is 0 Å². The van der Waals surface area contributed by atoms with E-state index in [2.05, 4.69) is 12.2 Å². The van der Waals surface area contributed by atoms with E-state index in [0.717, 1.165) is 19.5 Å². The summed E-state index contributed by atoms with van der Waals surface area (Å²) in [6.45, 7) is 4.74. The largest absolute Gasteiger partial charge is 0.494 e. The lowest BCUT2D eigenvalue weighted by atomic mass is 10.2. The van der Waals surface area contributed by atoms with Crippen molar-refractivity contribution >= 4 is 0 Å². The smallest absolute Gasteiger partial charge is 0.170 e. The first-order valence-electron chi connectivity index (χ1n) is 5.89. The van der Waals surface area contributed by atoms with Crippen LogP contribution in [0.15, 0.2) is 18.2 Å². The number of benzene rings is 1. The molecule has 0 aliphatic rings. The highest BCUT2D eigenvalue weighted by atomic mass is 19.1. The molecular weight excluding hydrogens is 221 g/mol. The highest BCUT2D eigenvalue weighted by Crippen LogP contribution is 2.20. The van der Waals surface area contributed by atoms with Gasteiger partial charge in [0.2, 0.25) is 0 Å². The van der Waals surface area contributed by atoms with Crippen LogP contribution in [0.3, 0.4) is 0 Å². The maximum Gasteiger partial charge on any atom is 0.170 e. The fourth-order valence-corrected chi connectivity index (χ4v) is 1.45. The molecule has 0 saturated heterocycles. The van der Waals surface area contributed by atoms with Crippen LogP contribution in [0, 0.1) is 5.82 Å². The lowest BCUT2D eigenvalue weighted by Gasteiger charge is -2.08. The third-order valence-electron chi connectivity index (χ3n) is 2.37. The van der Waals surface area contributed by atoms with Gasteiger partial charge in [-0.05, 0) is 19.0 Å². The molecule has 0 heterocycles. The van der Waals surface area contributed by atoms with Crippen molar-refractivity contribution in [1.29, 1.82) is 0 Å². The molecule has 1 aromatic carbocycles. The van der Waals surface area contributed by atoms with Gasteiger partial charge >= 0.3 is 0 Å². The zero-order chi connectivity index (χ0) is 12.5. The highest BCUT2D eigenvalue weighted by molar-refractivity contribution is 5.30. The molecule has 0 bridgehead atoms. The summed E-state index contributed by atoms with van der Waals surface area (Å²) in [6.07, 6.45) is 1.10. The van der Waals surface area contributed by atoms with Crippen LogP contribution in [0.4, 0.5) is 4.39 Å². The molecule has 0 radical (unpaired) electrons. The fraction of sp³-hybridized carbons (Fsp3) is 0.538. The quantitative estimate of drug-likeness (QED) is 0.709. The Morgan fingerprint density at radius 1 is 1.29 bits per heavy atom. The van der Waals surface area contributed by atoms with Gasteiger partial charge in [0.25, 0.3) is 0 Å². The van der Waals surface area contributed by atoms with Crippen LogP contribution in [0.25, 0.3) is 0 Å². The van der Waals surface area contributed by atoms with Crippen molar-refractivity contribution in [2.24, 2.45) is 0 Å². The average molecular weight is 241 g/mol. The molecule has 0 saturated carbocycles. The summed E-state index contributed by atoms with van der Waals surface area (Å²) in [5.41, 5.74) is 0.528. The van der Waals surface area contributed by atoms with Gasteiger partial charge in [-0.1, -0.05) is 19.1 Å². The molecule has 0 fully saturated rings. The zero-order valence-electron chi connectivity index (χ0n) is 10.5. The van der Waals surface area contributed by atoms with Gasteiger partial charge in [-0.2, -0.15) is 0 Å². The monoisotopic (exact) mass is 241 g/mol. The van der Waals surface area contributed by atoms with E-state index in [1.807, 2.05) is 0 Å². The number of hydrogen-bond donors (Lipinski definition) is 1. The molecule has 3 nitrogen and oxygen atoms in total. The molecule has 96 valence electrons. The molecule has 1 aromatic rings. The van der Waals surface area contributed by atoms with Crippen molar-refractivity contribution in [3.05, 3.63) is 29.6 Å². The van der Waals surface area contributed by atoms with Gasteiger partial charge < -0.3 is 14.8 Å². The average Bonchev–Trinajstić information content (AvgIpc) is 2.35. The predicted molar refractivity (Wildman–Crippen MR) is 65.8 cm³/mol. The molecule has 0 aliphatic carbocycles. The highest BCUT2D eigenvalue weighted by Gasteiger charge is 2.07. The second-order valence-electron chi connectivity index (χ2n) is 3.74. The molecule has 0 aromatic heterocycles. The Morgan fingerprint density at radius 2 is 2.12 bits per heavy atom. The van der Waals surface area contributed by atoms with Gasteiger partial charge in [0.15, 0.2) is 11.6 Å². The number of ether oxygens (including phenoxy) is 2. The van der Waals surface area contributed by atoms with Crippen molar-refractivity contribution in [2.45, 2.75) is 20.0 Å². The molecule has 1 N–H and O–H groups in total. The normalized spacial score (nSPS) is 10.5. The Balaban J connectivity index is 2.31. The summed E-state index contributed by atoms with van der Waals surface area (Å²) in [4.78, 5) is 0. The third kappa shape index (κ3) is 4.71. The molecule has 0 spiro atoms. The zero-order valence-corrected chi connectivity index (χ0v) is 10.5. The first-order chi connectivity index (χ1) is 8.29. The molecule has 1 rings (SSSR count). The van der Waals surface area contributed by atoms with E-state index in [0.29, 0.717) is 12.2 Å². The van der Waals surface area contributed by atoms with Crippen LogP contribution in [0.2, 0.25) is 0 Å². The van der Waals surface area contributed by atoms with E-state index in [-0.39, 0.29) is 18.2 Å². The predicted octanol–water partition coefficient (Wildman–Crippen LogP) is 2.35. The van der Waals surface area contributed by atoms with Crippen LogP contribution < -0.4 is 10.1 Å². The minimum atomic E-state index is -0.337. The molecule has 0 atom stereocenters. The van der Waals surface area contributed by atoms with Crippen molar-refractivity contribution in [3.63, 3.8) is 0 Å². The van der Waals surface area contributed by atoms with E-state index in [1.165, 1.54) is 7.11 Å². The maximum absolute atomic E-state index is 13.7. The van der Waals surface area contributed by atoms with Crippen LogP contribution in [-0.2, 0) is 11.3 Å². The van der Waals surface area contributed by atoms with E-state index in [4.69, 9.17) is 9.47 Å². The SMILES string of the molecule is CCCNCCOCc1cccc(OC)c1F. The number of halogens is 1. The minimum absolute atomic E-state index is 0.259. The van der Waals surface area contributed by atoms with Crippen LogP contribution in [0.1, 0.15) is 18.9 Å². The van der Waals surface area contributed by atoms with Crippen molar-refractivity contribution in [3.8, 4) is 5.75 Å². The first kappa shape index (κ1) is 13.9. The molecule has 17 heavy (non-hydrogen) atoms. The van der Waals surface area contributed by atoms with Gasteiger partial charge in [0.05, 0.1) is 20.3 Å². The summed E-state index contributed by atoms with van der Waals surface area (Å²) >= 11 is 0. The summed E-state index contributed by atoms with van der Waals surface area (Å²) < 4.78 is 24.0. The Labute approximate surface area is 102 Å². The Hall–Kier alpha value is -1.13. The van der Waals surface area contributed by atoms with Crippen molar-refractivity contribution < 1.29 is 13.9 Å². The Kier molecular flexibility index (Phi) is 6.58. The lowest BCUT2D eigenvalue weighted by molar-refractivity contribution is 0.120. The number of methoxy groups -OCH3 is 1. The summed E-state index contributed by atoms with van der Waals surface area (Å²) in [5.74, 6) is -0.0771. The van der Waals surface area contributed by atoms with E-state index in [1.54, 1.807) is 18.2 Å². The standard InChI is InChI=1S/C13H20FNO2/c1-3-7-15-8-9-17-10-11-5-4-6-12(16-2)13(11)14/h4-6,15H,3,7-10H2,1-2H3. The topological polar surface area (TPSA) is 30.5 Å². The maximum atomic E-state index is 13.7. The summed E-state index contributed by atoms with van der Waals surface area (Å²) in [7, 11) is 1.46. The van der Waals surface area contributed by atoms with E-state index < -0.39 is 0 Å². The van der Waals surface area contributed by atoms with Crippen LogP contribution in [0.5, 0.6) is 5.75 Å². The number of nitrogens with one attached hydrogen (secondary N) is 1. The second-order valence-corrected chi connectivity index (χ2v) is 3.74. The van der Waals surface area contributed by atoms with E-state index >= 15 is 0 Å². The fourth-order valence-electron chi connectivity index (χ4n) is 1.45. The third-order valence-corrected chi connectivity index (χ3v) is 2.37. The Morgan fingerprint density at radius 3 is 2.82 bits per heavy atom. The van der Waals surface area contributed by atoms with Crippen LogP contribution in [-0.4, -0.2) is 26.8 Å². The van der Waals surface area contributed by atoms with Gasteiger partial charge in [0.1, 0.15) is 0 Å². The molecule has 4 heteroatoms. The molecule has 0 unspecified atom stereocenters. The van der Waals surface area contributed by atoms with Crippen molar-refractivity contribution in [1.82, 2.24) is 5.32 Å². The van der Waals surface area contributed by atoms with Gasteiger partial charge in [0, 0.05) is 12.1 Å². The van der Waals surface area contributed by atoms with Gasteiger partial charge in [-0.3, -0.25) is 0 Å². The second kappa shape index (κ2) is 8.03. The summed E-state index contributed by atoms with van der Waals surface area (Å²) in [5, 5.41) is 3.22. The van der Waals surface area contributed by atoms with Crippen LogP contribution >= 0.6 is 0 Å². The minimum Gasteiger partial charge on any atom is -0.494 e. The first-order valence-corrected chi connectivity index (χ1v) is 5.89. The summed E-state index contributed by atoms with van der Waals surface area (Å²) in [6, 6.07) is 5.06. The lowest BCUT2D eigenvalue weighted by Crippen LogP contribution is -2.20. The number of hydrogen-bond acceptors (Lipinski definition) is 3. The molecular formula is C13H20FNO2. The Bertz CT molecular complexity index is 331. The molecule has 0 amide bonds. The van der Waals surface area contributed by atoms with E-state index in [9.17, 15) is 4.39 Å². The number of rotatable bonds is 8.